The van der Waals surface area contributed by atoms with Crippen molar-refractivity contribution in [1.82, 2.24) is 0 Å². The number of aliphatic hydroxyl groups excluding tert-OH is 4. The van der Waals surface area contributed by atoms with E-state index in [-0.39, 0.29) is 17.4 Å². The summed E-state index contributed by atoms with van der Waals surface area (Å²) >= 11 is 0. The van der Waals surface area contributed by atoms with Crippen molar-refractivity contribution in [2.45, 2.75) is 103 Å². The zero-order chi connectivity index (χ0) is 25.5. The van der Waals surface area contributed by atoms with Crippen LogP contribution in [0, 0.1) is 17.8 Å². The molecule has 1 aromatic rings. The summed E-state index contributed by atoms with van der Waals surface area (Å²) in [5.41, 5.74) is 3.02. The minimum Gasteiger partial charge on any atom is -0.487 e. The molecular formula is C28H42O7. The second kappa shape index (κ2) is 10.4. The van der Waals surface area contributed by atoms with Gasteiger partial charge < -0.3 is 34.6 Å². The zero-order valence-corrected chi connectivity index (χ0v) is 21.6. The molecule has 1 fully saturated rings. The number of fused-ring (bicyclic) bond motifs is 3. The molecule has 8 atom stereocenters. The van der Waals surface area contributed by atoms with Gasteiger partial charge in [-0.15, -0.1) is 0 Å². The Morgan fingerprint density at radius 2 is 1.91 bits per heavy atom. The third kappa shape index (κ3) is 5.25. The Labute approximate surface area is 208 Å². The van der Waals surface area contributed by atoms with Gasteiger partial charge >= 0.3 is 0 Å². The third-order valence-electron chi connectivity index (χ3n) is 8.29. The van der Waals surface area contributed by atoms with Gasteiger partial charge in [-0.2, -0.15) is 0 Å². The first kappa shape index (κ1) is 26.4. The maximum absolute atomic E-state index is 10.4. The largest absolute Gasteiger partial charge is 0.487 e. The normalized spacial score (nSPS) is 34.8. The highest BCUT2D eigenvalue weighted by atomic mass is 16.7. The van der Waals surface area contributed by atoms with Crippen LogP contribution in [0.15, 0.2) is 23.8 Å². The van der Waals surface area contributed by atoms with Crippen LogP contribution in [0.2, 0.25) is 0 Å². The molecule has 196 valence electrons. The molecule has 0 amide bonds. The van der Waals surface area contributed by atoms with Crippen LogP contribution in [-0.2, 0) is 11.2 Å². The van der Waals surface area contributed by atoms with Crippen LogP contribution < -0.4 is 9.47 Å². The predicted molar refractivity (Wildman–Crippen MR) is 132 cm³/mol. The van der Waals surface area contributed by atoms with Crippen LogP contribution in [0.1, 0.15) is 77.3 Å². The van der Waals surface area contributed by atoms with Gasteiger partial charge in [0, 0.05) is 17.4 Å². The first-order valence-corrected chi connectivity index (χ1v) is 13.1. The summed E-state index contributed by atoms with van der Waals surface area (Å²) in [4.78, 5) is 0. The molecule has 0 spiro atoms. The summed E-state index contributed by atoms with van der Waals surface area (Å²) in [5, 5.41) is 40.5. The molecule has 2 aliphatic heterocycles. The van der Waals surface area contributed by atoms with Crippen LogP contribution in [0.5, 0.6) is 11.5 Å². The van der Waals surface area contributed by atoms with Crippen molar-refractivity contribution in [3.63, 3.8) is 0 Å². The molecule has 2 heterocycles. The van der Waals surface area contributed by atoms with Gasteiger partial charge in [0.05, 0.1) is 18.6 Å². The lowest BCUT2D eigenvalue weighted by Gasteiger charge is -2.47. The number of aryl methyl sites for hydroxylation is 1. The Bertz CT molecular complexity index is 926. The lowest BCUT2D eigenvalue weighted by Crippen LogP contribution is -2.57. The molecule has 4 N–H and O–H groups in total. The van der Waals surface area contributed by atoms with Gasteiger partial charge in [-0.3, -0.25) is 0 Å². The van der Waals surface area contributed by atoms with E-state index in [1.807, 2.05) is 6.07 Å². The average molecular weight is 491 g/mol. The summed E-state index contributed by atoms with van der Waals surface area (Å²) in [6, 6.07) is 4.14. The second-order valence-electron chi connectivity index (χ2n) is 11.3. The van der Waals surface area contributed by atoms with Gasteiger partial charge in [0.2, 0.25) is 6.29 Å². The van der Waals surface area contributed by atoms with Crippen LogP contribution in [-0.4, -0.2) is 57.4 Å². The number of ether oxygens (including phenoxy) is 3. The van der Waals surface area contributed by atoms with Gasteiger partial charge in [0.1, 0.15) is 23.2 Å². The summed E-state index contributed by atoms with van der Waals surface area (Å²) in [5.74, 6) is 1.42. The molecule has 1 saturated heterocycles. The molecule has 1 aromatic carbocycles. The molecule has 0 radical (unpaired) electrons. The van der Waals surface area contributed by atoms with E-state index in [9.17, 15) is 20.4 Å². The summed E-state index contributed by atoms with van der Waals surface area (Å²) in [6.07, 6.45) is 1.73. The predicted octanol–water partition coefficient (Wildman–Crippen LogP) is 3.66. The van der Waals surface area contributed by atoms with Crippen molar-refractivity contribution < 1.29 is 34.6 Å². The van der Waals surface area contributed by atoms with Crippen LogP contribution in [0.3, 0.4) is 0 Å². The minimum absolute atomic E-state index is 0.0951. The lowest BCUT2D eigenvalue weighted by molar-refractivity contribution is -0.313. The standard InChI is InChI=1S/C28H42O7/c1-6-15(2)7-9-17-12-21(33-27-19(14-29)24(30)25(31)26(32)34-27)23-18-11-16(3)8-10-20(18)28(4,5)35-22(23)13-17/h11-13,15,18-20,24-27,29-32H,6-10,14H2,1-5H3/t15?,18?,19-,20?,24-,25+,26+,27+/m1/s1. The van der Waals surface area contributed by atoms with Crippen molar-refractivity contribution in [1.29, 1.82) is 0 Å². The lowest BCUT2D eigenvalue weighted by atomic mass is 9.68. The highest BCUT2D eigenvalue weighted by Gasteiger charge is 2.48. The smallest absolute Gasteiger partial charge is 0.210 e. The molecule has 0 aromatic heterocycles. The van der Waals surface area contributed by atoms with E-state index in [1.54, 1.807) is 0 Å². The topological polar surface area (TPSA) is 109 Å². The molecule has 0 bridgehead atoms. The van der Waals surface area contributed by atoms with Crippen LogP contribution in [0.4, 0.5) is 0 Å². The van der Waals surface area contributed by atoms with Crippen molar-refractivity contribution in [2.24, 2.45) is 17.8 Å². The number of benzene rings is 1. The third-order valence-corrected chi connectivity index (χ3v) is 8.29. The van der Waals surface area contributed by atoms with Gasteiger partial charge in [0.25, 0.3) is 0 Å². The number of hydrogen-bond acceptors (Lipinski definition) is 7. The maximum Gasteiger partial charge on any atom is 0.210 e. The van der Waals surface area contributed by atoms with Gasteiger partial charge in [-0.25, -0.2) is 0 Å². The van der Waals surface area contributed by atoms with Gasteiger partial charge in [-0.1, -0.05) is 31.9 Å². The summed E-state index contributed by atoms with van der Waals surface area (Å²) in [7, 11) is 0. The van der Waals surface area contributed by atoms with Gasteiger partial charge in [0.15, 0.2) is 6.29 Å². The zero-order valence-electron chi connectivity index (χ0n) is 21.6. The van der Waals surface area contributed by atoms with E-state index in [0.29, 0.717) is 11.7 Å². The quantitative estimate of drug-likeness (QED) is 0.432. The highest BCUT2D eigenvalue weighted by molar-refractivity contribution is 5.54. The number of rotatable bonds is 7. The van der Waals surface area contributed by atoms with E-state index in [0.717, 1.165) is 49.0 Å². The van der Waals surface area contributed by atoms with E-state index in [1.165, 1.54) is 5.57 Å². The Morgan fingerprint density at radius 3 is 2.60 bits per heavy atom. The number of aliphatic hydroxyl groups is 4. The Kier molecular flexibility index (Phi) is 7.84. The first-order chi connectivity index (χ1) is 16.6. The number of hydrogen-bond donors (Lipinski definition) is 4. The monoisotopic (exact) mass is 490 g/mol. The Morgan fingerprint density at radius 1 is 1.17 bits per heavy atom. The molecule has 0 saturated carbocycles. The fourth-order valence-corrected chi connectivity index (χ4v) is 5.76. The molecule has 35 heavy (non-hydrogen) atoms. The van der Waals surface area contributed by atoms with Crippen LogP contribution in [0.25, 0.3) is 0 Å². The van der Waals surface area contributed by atoms with E-state index in [4.69, 9.17) is 14.2 Å². The SMILES string of the molecule is CCC(C)CCc1cc(O[C@H]2O[C@H](O)[C@@H](O)[C@H](O)[C@H]2CO)c2c(c1)OC(C)(C)C1CCC(C)=CC21. The van der Waals surface area contributed by atoms with Crippen molar-refractivity contribution >= 4 is 0 Å². The summed E-state index contributed by atoms with van der Waals surface area (Å²) in [6.45, 7) is 10.4. The highest BCUT2D eigenvalue weighted by Crippen LogP contribution is 2.54. The van der Waals surface area contributed by atoms with Crippen molar-refractivity contribution in [3.8, 4) is 11.5 Å². The molecule has 4 rings (SSSR count). The Hall–Kier alpha value is -1.64. The molecule has 1 aliphatic carbocycles. The molecule has 3 unspecified atom stereocenters. The van der Waals surface area contributed by atoms with E-state index >= 15 is 0 Å². The number of allylic oxidation sites excluding steroid dienone is 2. The Balaban J connectivity index is 1.77. The fraction of sp³-hybridized carbons (Fsp3) is 0.714. The average Bonchev–Trinajstić information content (AvgIpc) is 2.80. The molecule has 7 heteroatoms. The molecule has 7 nitrogen and oxygen atoms in total. The second-order valence-corrected chi connectivity index (χ2v) is 11.3. The van der Waals surface area contributed by atoms with Crippen molar-refractivity contribution in [2.75, 3.05) is 6.61 Å². The van der Waals surface area contributed by atoms with E-state index < -0.39 is 37.3 Å². The van der Waals surface area contributed by atoms with Crippen LogP contribution >= 0.6 is 0 Å². The molecule has 3 aliphatic rings. The first-order valence-electron chi connectivity index (χ1n) is 13.1. The minimum atomic E-state index is -1.61. The van der Waals surface area contributed by atoms with E-state index in [2.05, 4.69) is 46.8 Å². The summed E-state index contributed by atoms with van der Waals surface area (Å²) < 4.78 is 18.5. The van der Waals surface area contributed by atoms with Crippen molar-refractivity contribution in [3.05, 3.63) is 34.9 Å². The fourth-order valence-electron chi connectivity index (χ4n) is 5.76. The maximum atomic E-state index is 10.4. The molecular weight excluding hydrogens is 448 g/mol. The van der Waals surface area contributed by atoms with Gasteiger partial charge in [-0.05, 0) is 70.1 Å².